The maximum Gasteiger partial charge on any atom is 0.131 e. The number of benzene rings is 8. The maximum absolute atomic E-state index is 11.7. The van der Waals surface area contributed by atoms with Crippen LogP contribution in [-0.2, 0) is 11.3 Å². The molecule has 2 N–H and O–H groups in total. The number of phenolic OH excluding ortho intramolecular Hbond substituents is 2. The van der Waals surface area contributed by atoms with Gasteiger partial charge in [0.05, 0.1) is 19.8 Å². The number of rotatable bonds is 11. The molecule has 54 heavy (non-hydrogen) atoms. The second kappa shape index (κ2) is 15.3. The van der Waals surface area contributed by atoms with Crippen molar-refractivity contribution in [1.82, 2.24) is 0 Å². The molecule has 0 spiro atoms. The third kappa shape index (κ3) is 6.92. The van der Waals surface area contributed by atoms with Gasteiger partial charge in [-0.1, -0.05) is 127 Å². The lowest BCUT2D eigenvalue weighted by Crippen LogP contribution is -2.04. The molecule has 0 bridgehead atoms. The largest absolute Gasteiger partial charge is 0.507 e. The van der Waals surface area contributed by atoms with Gasteiger partial charge in [0.2, 0.25) is 0 Å². The maximum atomic E-state index is 11.7. The molecule has 8 rings (SSSR count). The second-order valence-corrected chi connectivity index (χ2v) is 13.9. The van der Waals surface area contributed by atoms with Crippen LogP contribution in [0.15, 0.2) is 158 Å². The van der Waals surface area contributed by atoms with E-state index >= 15 is 0 Å². The summed E-state index contributed by atoms with van der Waals surface area (Å²) in [6.45, 7) is 5.48. The molecule has 4 heteroatoms. The molecule has 8 aromatic carbocycles. The number of hydrogen-bond donors (Lipinski definition) is 2. The van der Waals surface area contributed by atoms with E-state index in [1.165, 1.54) is 0 Å². The van der Waals surface area contributed by atoms with Crippen LogP contribution in [0.1, 0.15) is 23.1 Å². The fourth-order valence-corrected chi connectivity index (χ4v) is 7.55. The Bertz CT molecular complexity index is 2430. The van der Waals surface area contributed by atoms with Crippen LogP contribution in [0, 0.1) is 13.8 Å². The molecule has 0 aliphatic heterocycles. The number of ether oxygens (including phenoxy) is 2. The molecule has 0 unspecified atom stereocenters. The van der Waals surface area contributed by atoms with Crippen molar-refractivity contribution in [3.8, 4) is 61.8 Å². The number of aryl methyl sites for hydroxylation is 2. The SMILES string of the molecule is Cc1cc(-c2ccccc2COCCCOc2ccccc2-c2cc(C)cc(-c3cccc4ccccc34)c2O)c(O)c(-c2cccc3ccccc23)c1. The highest BCUT2D eigenvalue weighted by Gasteiger charge is 2.19. The van der Waals surface area contributed by atoms with Crippen molar-refractivity contribution >= 4 is 21.5 Å². The summed E-state index contributed by atoms with van der Waals surface area (Å²) in [6, 6.07) is 53.1. The lowest BCUT2D eigenvalue weighted by Gasteiger charge is -2.17. The van der Waals surface area contributed by atoms with Gasteiger partial charge in [-0.05, 0) is 99.1 Å². The predicted octanol–water partition coefficient (Wildman–Crippen LogP) is 12.7. The first-order chi connectivity index (χ1) is 26.5. The van der Waals surface area contributed by atoms with Crippen LogP contribution in [0.5, 0.6) is 17.2 Å². The molecule has 0 saturated carbocycles. The second-order valence-electron chi connectivity index (χ2n) is 13.9. The summed E-state index contributed by atoms with van der Waals surface area (Å²) >= 11 is 0. The van der Waals surface area contributed by atoms with Crippen molar-refractivity contribution in [2.24, 2.45) is 0 Å². The van der Waals surface area contributed by atoms with Crippen molar-refractivity contribution in [3.63, 3.8) is 0 Å². The summed E-state index contributed by atoms with van der Waals surface area (Å²) in [6.07, 6.45) is 0.679. The van der Waals surface area contributed by atoms with Gasteiger partial charge in [0, 0.05) is 34.2 Å². The first-order valence-electron chi connectivity index (χ1n) is 18.5. The molecule has 0 heterocycles. The molecule has 266 valence electrons. The van der Waals surface area contributed by atoms with E-state index in [1.807, 2.05) is 97.1 Å². The summed E-state index contributed by atoms with van der Waals surface area (Å²) in [5, 5.41) is 27.9. The fraction of sp³-hybridized carbons (Fsp3) is 0.120. The average Bonchev–Trinajstić information content (AvgIpc) is 3.20. The molecule has 0 atom stereocenters. The molecule has 0 aliphatic rings. The van der Waals surface area contributed by atoms with Gasteiger partial charge in [-0.25, -0.2) is 0 Å². The molecule has 8 aromatic rings. The van der Waals surface area contributed by atoms with Gasteiger partial charge in [0.1, 0.15) is 17.2 Å². The van der Waals surface area contributed by atoms with Crippen LogP contribution in [0.2, 0.25) is 0 Å². The molecular weight excluding hydrogens is 665 g/mol. The quantitative estimate of drug-likeness (QED) is 0.131. The monoisotopic (exact) mass is 706 g/mol. The van der Waals surface area contributed by atoms with Crippen molar-refractivity contribution < 1.29 is 19.7 Å². The van der Waals surface area contributed by atoms with Crippen molar-refractivity contribution in [2.45, 2.75) is 26.9 Å². The van der Waals surface area contributed by atoms with Crippen LogP contribution in [0.25, 0.3) is 66.1 Å². The molecule has 0 aromatic heterocycles. The predicted molar refractivity (Wildman–Crippen MR) is 222 cm³/mol. The summed E-state index contributed by atoms with van der Waals surface area (Å²) in [5.74, 6) is 1.21. The molecule has 4 nitrogen and oxygen atoms in total. The lowest BCUT2D eigenvalue weighted by molar-refractivity contribution is 0.107. The summed E-state index contributed by atoms with van der Waals surface area (Å²) < 4.78 is 12.5. The minimum Gasteiger partial charge on any atom is -0.507 e. The first-order valence-corrected chi connectivity index (χ1v) is 18.5. The minimum atomic E-state index is 0.235. The summed E-state index contributed by atoms with van der Waals surface area (Å²) in [5.41, 5.74) is 10.1. The number of phenols is 2. The van der Waals surface area contributed by atoms with Crippen LogP contribution >= 0.6 is 0 Å². The Balaban J connectivity index is 0.964. The van der Waals surface area contributed by atoms with Crippen LogP contribution < -0.4 is 4.74 Å². The van der Waals surface area contributed by atoms with Crippen molar-refractivity contribution in [3.05, 3.63) is 174 Å². The highest BCUT2D eigenvalue weighted by molar-refractivity contribution is 6.01. The van der Waals surface area contributed by atoms with Gasteiger partial charge >= 0.3 is 0 Å². The standard InChI is InChI=1S/C50H42O4/c1-33-28-44(49(51)45(29-33)41-23-11-17-35-14-3-6-19-38(35)41)40-21-8-5-16-37(40)32-53-26-13-27-54-48-25-10-9-22-43(48)47-31-34(2)30-46(50(47)52)42-24-12-18-36-15-4-7-20-39(36)42/h3-12,14-25,28-31,51-52H,13,26-27,32H2,1-2H3. The number of fused-ring (bicyclic) bond motifs is 2. The third-order valence-electron chi connectivity index (χ3n) is 10.1. The summed E-state index contributed by atoms with van der Waals surface area (Å²) in [7, 11) is 0. The van der Waals surface area contributed by atoms with E-state index in [1.54, 1.807) is 0 Å². The fourth-order valence-electron chi connectivity index (χ4n) is 7.55. The smallest absolute Gasteiger partial charge is 0.131 e. The van der Waals surface area contributed by atoms with E-state index in [4.69, 9.17) is 9.47 Å². The molecule has 0 radical (unpaired) electrons. The molecule has 0 saturated heterocycles. The normalized spacial score (nSPS) is 11.3. The van der Waals surface area contributed by atoms with E-state index in [-0.39, 0.29) is 11.5 Å². The zero-order valence-electron chi connectivity index (χ0n) is 30.6. The molecule has 0 aliphatic carbocycles. The average molecular weight is 707 g/mol. The molecule has 0 amide bonds. The Morgan fingerprint density at radius 2 is 0.870 bits per heavy atom. The number of aromatic hydroxyl groups is 2. The zero-order chi connectivity index (χ0) is 37.0. The van der Waals surface area contributed by atoms with Crippen LogP contribution in [-0.4, -0.2) is 23.4 Å². The van der Waals surface area contributed by atoms with Gasteiger partial charge in [-0.2, -0.15) is 0 Å². The van der Waals surface area contributed by atoms with E-state index in [0.717, 1.165) is 82.7 Å². The number of hydrogen-bond acceptors (Lipinski definition) is 4. The molecule has 0 fully saturated rings. The van der Waals surface area contributed by atoms with Gasteiger partial charge in [-0.15, -0.1) is 0 Å². The van der Waals surface area contributed by atoms with E-state index in [0.29, 0.717) is 32.0 Å². The van der Waals surface area contributed by atoms with E-state index in [2.05, 4.69) is 74.5 Å². The minimum absolute atomic E-state index is 0.235. The van der Waals surface area contributed by atoms with Crippen molar-refractivity contribution in [2.75, 3.05) is 13.2 Å². The molecular formula is C50H42O4. The Kier molecular flexibility index (Phi) is 9.85. The van der Waals surface area contributed by atoms with E-state index in [9.17, 15) is 10.2 Å². The summed E-state index contributed by atoms with van der Waals surface area (Å²) in [4.78, 5) is 0. The number of para-hydroxylation sites is 1. The van der Waals surface area contributed by atoms with Gasteiger partial charge < -0.3 is 19.7 Å². The van der Waals surface area contributed by atoms with Crippen LogP contribution in [0.4, 0.5) is 0 Å². The Morgan fingerprint density at radius 3 is 1.48 bits per heavy atom. The van der Waals surface area contributed by atoms with Crippen molar-refractivity contribution in [1.29, 1.82) is 0 Å². The Hall–Kier alpha value is -6.36. The Labute approximate surface area is 316 Å². The van der Waals surface area contributed by atoms with Gasteiger partial charge in [0.25, 0.3) is 0 Å². The zero-order valence-corrected chi connectivity index (χ0v) is 30.6. The highest BCUT2D eigenvalue weighted by Crippen LogP contribution is 2.45. The third-order valence-corrected chi connectivity index (χ3v) is 10.1. The van der Waals surface area contributed by atoms with Gasteiger partial charge in [-0.3, -0.25) is 0 Å². The van der Waals surface area contributed by atoms with Gasteiger partial charge in [0.15, 0.2) is 0 Å². The van der Waals surface area contributed by atoms with Crippen LogP contribution in [0.3, 0.4) is 0 Å². The van der Waals surface area contributed by atoms with E-state index < -0.39 is 0 Å². The highest BCUT2D eigenvalue weighted by atomic mass is 16.5. The lowest BCUT2D eigenvalue weighted by atomic mass is 9.91. The topological polar surface area (TPSA) is 58.9 Å². The first kappa shape index (κ1) is 34.7. The Morgan fingerprint density at radius 1 is 0.426 bits per heavy atom.